The van der Waals surface area contributed by atoms with Crippen molar-refractivity contribution in [1.82, 2.24) is 19.4 Å². The van der Waals surface area contributed by atoms with Gasteiger partial charge >= 0.3 is 0 Å². The molecule has 1 N–H and O–H groups in total. The number of nitrogens with zero attached hydrogens (tertiary/aromatic N) is 3. The van der Waals surface area contributed by atoms with Gasteiger partial charge < -0.3 is 9.64 Å². The van der Waals surface area contributed by atoms with Crippen molar-refractivity contribution >= 4 is 15.9 Å². The van der Waals surface area contributed by atoms with Crippen LogP contribution >= 0.6 is 0 Å². The third-order valence-electron chi connectivity index (χ3n) is 5.21. The van der Waals surface area contributed by atoms with Crippen molar-refractivity contribution in [2.24, 2.45) is 0 Å². The van der Waals surface area contributed by atoms with Crippen molar-refractivity contribution in [1.29, 1.82) is 0 Å². The first-order valence-corrected chi connectivity index (χ1v) is 11.2. The molecule has 1 unspecified atom stereocenters. The van der Waals surface area contributed by atoms with E-state index in [0.717, 1.165) is 5.56 Å². The molecule has 1 amide bonds. The number of methoxy groups -OCH3 is 1. The standard InChI is InChI=1S/C20H28N4O4S/c1-17-14-21-24(15-17)11-8-19(25)23-12-9-20(16-23,10-13-28-2)22-29(26,27)18-6-4-3-5-7-18/h3-7,14-15,22H,8-13,16H2,1-2H3. The monoisotopic (exact) mass is 420 g/mol. The second-order valence-corrected chi connectivity index (χ2v) is 9.22. The van der Waals surface area contributed by atoms with E-state index in [1.165, 1.54) is 0 Å². The molecule has 0 aliphatic carbocycles. The second kappa shape index (κ2) is 9.06. The maximum atomic E-state index is 12.9. The minimum atomic E-state index is -3.69. The molecular weight excluding hydrogens is 392 g/mol. The number of amides is 1. The van der Waals surface area contributed by atoms with Crippen molar-refractivity contribution in [3.8, 4) is 0 Å². The van der Waals surface area contributed by atoms with Crippen molar-refractivity contribution < 1.29 is 17.9 Å². The van der Waals surface area contributed by atoms with Gasteiger partial charge in [-0.3, -0.25) is 9.48 Å². The number of nitrogens with one attached hydrogen (secondary N) is 1. The van der Waals surface area contributed by atoms with Crippen LogP contribution in [0.4, 0.5) is 0 Å². The first-order chi connectivity index (χ1) is 13.8. The first-order valence-electron chi connectivity index (χ1n) is 9.68. The molecule has 158 valence electrons. The van der Waals surface area contributed by atoms with Gasteiger partial charge in [0.15, 0.2) is 0 Å². The highest BCUT2D eigenvalue weighted by Crippen LogP contribution is 2.28. The zero-order valence-electron chi connectivity index (χ0n) is 16.9. The number of ether oxygens (including phenoxy) is 1. The van der Waals surface area contributed by atoms with E-state index in [2.05, 4.69) is 9.82 Å². The van der Waals surface area contributed by atoms with Gasteiger partial charge in [0, 0.05) is 46.0 Å². The van der Waals surface area contributed by atoms with E-state index in [1.807, 2.05) is 13.1 Å². The Morgan fingerprint density at radius 1 is 1.31 bits per heavy atom. The van der Waals surface area contributed by atoms with Crippen LogP contribution in [0.25, 0.3) is 0 Å². The van der Waals surface area contributed by atoms with Gasteiger partial charge in [-0.25, -0.2) is 13.1 Å². The maximum Gasteiger partial charge on any atom is 0.241 e. The number of likely N-dealkylation sites (tertiary alicyclic amines) is 1. The predicted molar refractivity (Wildman–Crippen MR) is 109 cm³/mol. The minimum Gasteiger partial charge on any atom is -0.385 e. The van der Waals surface area contributed by atoms with E-state index in [1.54, 1.807) is 53.2 Å². The van der Waals surface area contributed by atoms with Gasteiger partial charge in [-0.15, -0.1) is 0 Å². The van der Waals surface area contributed by atoms with Gasteiger partial charge in [0.25, 0.3) is 0 Å². The zero-order chi connectivity index (χ0) is 20.9. The van der Waals surface area contributed by atoms with Crippen molar-refractivity contribution in [2.75, 3.05) is 26.8 Å². The van der Waals surface area contributed by atoms with E-state index in [9.17, 15) is 13.2 Å². The molecule has 1 aliphatic heterocycles. The highest BCUT2D eigenvalue weighted by Gasteiger charge is 2.42. The average molecular weight is 421 g/mol. The van der Waals surface area contributed by atoms with Gasteiger partial charge in [0.05, 0.1) is 16.6 Å². The fourth-order valence-electron chi connectivity index (χ4n) is 3.62. The lowest BCUT2D eigenvalue weighted by atomic mass is 9.96. The zero-order valence-corrected chi connectivity index (χ0v) is 17.7. The Morgan fingerprint density at radius 3 is 2.72 bits per heavy atom. The summed E-state index contributed by atoms with van der Waals surface area (Å²) in [4.78, 5) is 14.7. The Bertz CT molecular complexity index is 929. The quantitative estimate of drug-likeness (QED) is 0.665. The molecule has 0 bridgehead atoms. The number of sulfonamides is 1. The number of aromatic nitrogens is 2. The van der Waals surface area contributed by atoms with Crippen molar-refractivity contribution in [3.05, 3.63) is 48.3 Å². The molecule has 1 saturated heterocycles. The number of hydrogen-bond donors (Lipinski definition) is 1. The fourth-order valence-corrected chi connectivity index (χ4v) is 5.09. The second-order valence-electron chi connectivity index (χ2n) is 7.54. The van der Waals surface area contributed by atoms with Crippen LogP contribution in [-0.4, -0.2) is 61.4 Å². The van der Waals surface area contributed by atoms with Crippen LogP contribution in [0.3, 0.4) is 0 Å². The summed E-state index contributed by atoms with van der Waals surface area (Å²) in [6.07, 6.45) is 5.03. The number of benzene rings is 1. The van der Waals surface area contributed by atoms with E-state index in [-0.39, 0.29) is 10.8 Å². The molecule has 8 nitrogen and oxygen atoms in total. The van der Waals surface area contributed by atoms with Gasteiger partial charge in [0.2, 0.25) is 15.9 Å². The lowest BCUT2D eigenvalue weighted by molar-refractivity contribution is -0.130. The van der Waals surface area contributed by atoms with Crippen LogP contribution in [0.1, 0.15) is 24.8 Å². The molecule has 1 aromatic carbocycles. The summed E-state index contributed by atoms with van der Waals surface area (Å²) >= 11 is 0. The van der Waals surface area contributed by atoms with Crippen LogP contribution in [0.15, 0.2) is 47.6 Å². The molecule has 2 aromatic rings. The SMILES string of the molecule is COCCC1(NS(=O)(=O)c2ccccc2)CCN(C(=O)CCn2cc(C)cn2)C1. The fraction of sp³-hybridized carbons (Fsp3) is 0.500. The summed E-state index contributed by atoms with van der Waals surface area (Å²) in [7, 11) is -2.11. The Hall–Kier alpha value is -2.23. The predicted octanol–water partition coefficient (Wildman–Crippen LogP) is 1.57. The summed E-state index contributed by atoms with van der Waals surface area (Å²) in [5, 5.41) is 4.20. The molecule has 0 spiro atoms. The molecule has 29 heavy (non-hydrogen) atoms. The van der Waals surface area contributed by atoms with E-state index < -0.39 is 15.6 Å². The summed E-state index contributed by atoms with van der Waals surface area (Å²) < 4.78 is 35.6. The summed E-state index contributed by atoms with van der Waals surface area (Å²) in [6, 6.07) is 8.29. The molecule has 0 radical (unpaired) electrons. The largest absolute Gasteiger partial charge is 0.385 e. The Labute approximate surface area is 171 Å². The molecule has 1 aromatic heterocycles. The number of aryl methyl sites for hydroxylation is 2. The van der Waals surface area contributed by atoms with E-state index >= 15 is 0 Å². The third-order valence-corrected chi connectivity index (χ3v) is 6.81. The molecular formula is C20H28N4O4S. The molecule has 9 heteroatoms. The highest BCUT2D eigenvalue weighted by atomic mass is 32.2. The Kier molecular flexibility index (Phi) is 6.71. The van der Waals surface area contributed by atoms with Gasteiger partial charge in [-0.1, -0.05) is 18.2 Å². The van der Waals surface area contributed by atoms with E-state index in [4.69, 9.17) is 4.74 Å². The van der Waals surface area contributed by atoms with Crippen LogP contribution < -0.4 is 4.72 Å². The molecule has 1 aliphatic rings. The van der Waals surface area contributed by atoms with E-state index in [0.29, 0.717) is 45.5 Å². The van der Waals surface area contributed by atoms with Gasteiger partial charge in [0.1, 0.15) is 0 Å². The lowest BCUT2D eigenvalue weighted by Gasteiger charge is -2.30. The topological polar surface area (TPSA) is 93.5 Å². The number of carbonyl (C=O) groups excluding carboxylic acids is 1. The number of carbonyl (C=O) groups is 1. The molecule has 3 rings (SSSR count). The smallest absolute Gasteiger partial charge is 0.241 e. The van der Waals surface area contributed by atoms with Crippen LogP contribution in [0, 0.1) is 6.92 Å². The minimum absolute atomic E-state index is 0.00338. The van der Waals surface area contributed by atoms with Crippen LogP contribution in [0.2, 0.25) is 0 Å². The summed E-state index contributed by atoms with van der Waals surface area (Å²) in [5.74, 6) is -0.00338. The molecule has 1 atom stereocenters. The molecule has 0 saturated carbocycles. The van der Waals surface area contributed by atoms with Crippen LogP contribution in [-0.2, 0) is 26.1 Å². The molecule has 1 fully saturated rings. The van der Waals surface area contributed by atoms with Crippen molar-refractivity contribution in [3.63, 3.8) is 0 Å². The Morgan fingerprint density at radius 2 is 2.07 bits per heavy atom. The van der Waals surface area contributed by atoms with Crippen molar-refractivity contribution in [2.45, 2.75) is 43.2 Å². The van der Waals surface area contributed by atoms with Gasteiger partial charge in [-0.2, -0.15) is 5.10 Å². The Balaban J connectivity index is 1.68. The number of hydrogen-bond acceptors (Lipinski definition) is 5. The normalized spacial score (nSPS) is 19.6. The first kappa shape index (κ1) is 21.5. The summed E-state index contributed by atoms with van der Waals surface area (Å²) in [6.45, 7) is 3.71. The summed E-state index contributed by atoms with van der Waals surface area (Å²) in [5.41, 5.74) is 0.315. The average Bonchev–Trinajstić information content (AvgIpc) is 3.31. The van der Waals surface area contributed by atoms with Gasteiger partial charge in [-0.05, 0) is 37.5 Å². The lowest BCUT2D eigenvalue weighted by Crippen LogP contribution is -2.51. The maximum absolute atomic E-state index is 12.9. The van der Waals surface area contributed by atoms with Crippen LogP contribution in [0.5, 0.6) is 0 Å². The third kappa shape index (κ3) is 5.43. The molecule has 2 heterocycles. The highest BCUT2D eigenvalue weighted by molar-refractivity contribution is 7.89. The number of rotatable bonds is 9.